The highest BCUT2D eigenvalue weighted by atomic mass is 32.2. The summed E-state index contributed by atoms with van der Waals surface area (Å²) in [6.07, 6.45) is 1.91. The summed E-state index contributed by atoms with van der Waals surface area (Å²) in [5, 5.41) is 28.5. The molecule has 2 aromatic carbocycles. The number of fused-ring (bicyclic) bond motifs is 1. The number of carbonyl (C=O) groups is 2. The molecule has 11 heteroatoms. The van der Waals surface area contributed by atoms with Crippen molar-refractivity contribution in [3.05, 3.63) is 86.6 Å². The fourth-order valence-electron chi connectivity index (χ4n) is 4.18. The molecular formula is C23H19N5O5S. The number of rotatable bonds is 6. The smallest absolute Gasteiger partial charge is 0.335 e. The Balaban J connectivity index is 1.45. The van der Waals surface area contributed by atoms with Gasteiger partial charge in [-0.15, -0.1) is 5.10 Å². The van der Waals surface area contributed by atoms with Crippen LogP contribution in [0.1, 0.15) is 46.8 Å². The van der Waals surface area contributed by atoms with Crippen LogP contribution in [0.15, 0.2) is 65.0 Å². The van der Waals surface area contributed by atoms with E-state index in [4.69, 9.17) is 5.11 Å². The van der Waals surface area contributed by atoms with E-state index in [0.29, 0.717) is 28.9 Å². The molecule has 10 nitrogen and oxygen atoms in total. The second kappa shape index (κ2) is 8.75. The van der Waals surface area contributed by atoms with Crippen LogP contribution in [0.25, 0.3) is 0 Å². The van der Waals surface area contributed by atoms with Gasteiger partial charge in [-0.05, 0) is 48.2 Å². The minimum absolute atomic E-state index is 0.0224. The van der Waals surface area contributed by atoms with Crippen molar-refractivity contribution in [2.75, 3.05) is 5.32 Å². The van der Waals surface area contributed by atoms with Crippen molar-refractivity contribution in [3.8, 4) is 0 Å². The first-order chi connectivity index (χ1) is 16.4. The molecule has 0 saturated heterocycles. The molecule has 1 aliphatic carbocycles. The van der Waals surface area contributed by atoms with Crippen LogP contribution in [0.2, 0.25) is 0 Å². The van der Waals surface area contributed by atoms with E-state index in [-0.39, 0.29) is 17.0 Å². The Labute approximate surface area is 197 Å². The Morgan fingerprint density at radius 1 is 1.18 bits per heavy atom. The SMILES string of the molecule is O=C1CCCC2=C1C(c1ccc([N+](=O)[O-])cc1)n1nc(SCc3ccc(C(=O)O)cc3)nc1N2. The predicted octanol–water partition coefficient (Wildman–Crippen LogP) is 4.20. The van der Waals surface area contributed by atoms with E-state index in [2.05, 4.69) is 15.4 Å². The molecule has 0 saturated carbocycles. The Morgan fingerprint density at radius 2 is 1.91 bits per heavy atom. The fourth-order valence-corrected chi connectivity index (χ4v) is 4.96. The molecule has 1 aromatic heterocycles. The molecule has 0 bridgehead atoms. The number of nitrogens with zero attached hydrogens (tertiary/aromatic N) is 4. The van der Waals surface area contributed by atoms with Crippen molar-refractivity contribution in [2.45, 2.75) is 36.2 Å². The number of nitro benzene ring substituents is 1. The lowest BCUT2D eigenvalue weighted by Crippen LogP contribution is -2.31. The maximum absolute atomic E-state index is 12.9. The summed E-state index contributed by atoms with van der Waals surface area (Å²) in [6.45, 7) is 0. The molecule has 3 aromatic rings. The topological polar surface area (TPSA) is 140 Å². The summed E-state index contributed by atoms with van der Waals surface area (Å²) in [7, 11) is 0. The number of benzene rings is 2. The molecule has 1 atom stereocenters. The van der Waals surface area contributed by atoms with Gasteiger partial charge in [-0.1, -0.05) is 23.9 Å². The minimum Gasteiger partial charge on any atom is -0.478 e. The Morgan fingerprint density at radius 3 is 2.59 bits per heavy atom. The van der Waals surface area contributed by atoms with E-state index in [9.17, 15) is 19.7 Å². The molecule has 0 spiro atoms. The Hall–Kier alpha value is -3.99. The quantitative estimate of drug-likeness (QED) is 0.303. The monoisotopic (exact) mass is 477 g/mol. The summed E-state index contributed by atoms with van der Waals surface area (Å²) < 4.78 is 1.67. The number of nitrogens with one attached hydrogen (secondary N) is 1. The van der Waals surface area contributed by atoms with Gasteiger partial charge in [-0.3, -0.25) is 14.9 Å². The van der Waals surface area contributed by atoms with E-state index >= 15 is 0 Å². The summed E-state index contributed by atoms with van der Waals surface area (Å²) in [5.41, 5.74) is 3.29. The van der Waals surface area contributed by atoms with Crippen molar-refractivity contribution < 1.29 is 19.6 Å². The zero-order chi connectivity index (χ0) is 23.8. The lowest BCUT2D eigenvalue weighted by atomic mass is 9.85. The highest BCUT2D eigenvalue weighted by molar-refractivity contribution is 7.98. The second-order valence-electron chi connectivity index (χ2n) is 8.00. The Bertz CT molecular complexity index is 1330. The number of anilines is 1. The third-order valence-corrected chi connectivity index (χ3v) is 6.75. The first-order valence-corrected chi connectivity index (χ1v) is 11.6. The van der Waals surface area contributed by atoms with E-state index < -0.39 is 16.9 Å². The van der Waals surface area contributed by atoms with Crippen LogP contribution >= 0.6 is 11.8 Å². The standard InChI is InChI=1S/C23H19N5O5S/c29-18-3-1-2-17-19(18)20(14-8-10-16(11-9-14)28(32)33)27-22(24-17)25-23(26-27)34-12-13-4-6-15(7-5-13)21(30)31/h4-11,20H,1-3,12H2,(H,30,31)(H,24,25,26). The lowest BCUT2D eigenvalue weighted by Gasteiger charge is -2.32. The summed E-state index contributed by atoms with van der Waals surface area (Å²) >= 11 is 1.40. The zero-order valence-corrected chi connectivity index (χ0v) is 18.6. The third-order valence-electron chi connectivity index (χ3n) is 5.84. The first-order valence-electron chi connectivity index (χ1n) is 10.6. The van der Waals surface area contributed by atoms with Crippen molar-refractivity contribution in [2.24, 2.45) is 0 Å². The number of aromatic nitrogens is 3. The maximum atomic E-state index is 12.9. The molecule has 0 amide bonds. The van der Waals surface area contributed by atoms with Gasteiger partial charge in [0.25, 0.3) is 5.69 Å². The van der Waals surface area contributed by atoms with Crippen molar-refractivity contribution in [1.29, 1.82) is 0 Å². The van der Waals surface area contributed by atoms with Crippen molar-refractivity contribution >= 4 is 35.2 Å². The van der Waals surface area contributed by atoms with Gasteiger partial charge in [0.15, 0.2) is 5.78 Å². The molecule has 5 rings (SSSR count). The third kappa shape index (κ3) is 4.05. The van der Waals surface area contributed by atoms with Crippen LogP contribution in [0, 0.1) is 10.1 Å². The van der Waals surface area contributed by atoms with Crippen LogP contribution in [-0.4, -0.2) is 36.5 Å². The molecule has 1 unspecified atom stereocenters. The maximum Gasteiger partial charge on any atom is 0.335 e. The Kier molecular flexibility index (Phi) is 5.62. The predicted molar refractivity (Wildman–Crippen MR) is 124 cm³/mol. The van der Waals surface area contributed by atoms with Gasteiger partial charge in [0.2, 0.25) is 11.1 Å². The van der Waals surface area contributed by atoms with Crippen LogP contribution in [0.4, 0.5) is 11.6 Å². The fraction of sp³-hybridized carbons (Fsp3) is 0.217. The molecular weight excluding hydrogens is 458 g/mol. The van der Waals surface area contributed by atoms with Crippen LogP contribution in [-0.2, 0) is 10.5 Å². The number of Topliss-reactive ketones (excluding diaryl/α,β-unsaturated/α-hetero) is 1. The number of hydrogen-bond donors (Lipinski definition) is 2. The van der Waals surface area contributed by atoms with Gasteiger partial charge in [0, 0.05) is 35.6 Å². The normalized spacial score (nSPS) is 17.1. The van der Waals surface area contributed by atoms with Gasteiger partial charge in [-0.25, -0.2) is 9.48 Å². The minimum atomic E-state index is -0.975. The molecule has 0 fully saturated rings. The van der Waals surface area contributed by atoms with Gasteiger partial charge in [0.1, 0.15) is 6.04 Å². The first kappa shape index (κ1) is 21.8. The second-order valence-corrected chi connectivity index (χ2v) is 8.94. The largest absolute Gasteiger partial charge is 0.478 e. The van der Waals surface area contributed by atoms with Crippen LogP contribution < -0.4 is 5.32 Å². The average molecular weight is 478 g/mol. The molecule has 0 radical (unpaired) electrons. The summed E-state index contributed by atoms with van der Waals surface area (Å²) in [6, 6.07) is 12.3. The highest BCUT2D eigenvalue weighted by Gasteiger charge is 2.37. The number of aromatic carboxylic acids is 1. The molecule has 2 N–H and O–H groups in total. The summed E-state index contributed by atoms with van der Waals surface area (Å²) in [4.78, 5) is 39.1. The van der Waals surface area contributed by atoms with Gasteiger partial charge < -0.3 is 10.4 Å². The highest BCUT2D eigenvalue weighted by Crippen LogP contribution is 2.41. The number of allylic oxidation sites excluding steroid dienone is 2. The number of non-ortho nitro benzene ring substituents is 1. The molecule has 172 valence electrons. The van der Waals surface area contributed by atoms with Crippen molar-refractivity contribution in [1.82, 2.24) is 14.8 Å². The van der Waals surface area contributed by atoms with E-state index in [1.54, 1.807) is 41.1 Å². The molecule has 1 aliphatic heterocycles. The summed E-state index contributed by atoms with van der Waals surface area (Å²) in [5.74, 6) is 0.112. The van der Waals surface area contributed by atoms with Crippen LogP contribution in [0.3, 0.4) is 0 Å². The number of nitro groups is 1. The number of hydrogen-bond acceptors (Lipinski definition) is 8. The zero-order valence-electron chi connectivity index (χ0n) is 17.8. The number of carbonyl (C=O) groups excluding carboxylic acids is 1. The van der Waals surface area contributed by atoms with E-state index in [0.717, 1.165) is 29.7 Å². The van der Waals surface area contributed by atoms with Crippen molar-refractivity contribution in [3.63, 3.8) is 0 Å². The van der Waals surface area contributed by atoms with E-state index in [1.807, 2.05) is 0 Å². The molecule has 2 heterocycles. The van der Waals surface area contributed by atoms with Gasteiger partial charge >= 0.3 is 5.97 Å². The lowest BCUT2D eigenvalue weighted by molar-refractivity contribution is -0.384. The number of carboxylic acid groups (broad SMARTS) is 1. The van der Waals surface area contributed by atoms with Gasteiger partial charge in [-0.2, -0.15) is 4.98 Å². The van der Waals surface area contributed by atoms with Gasteiger partial charge in [0.05, 0.1) is 10.5 Å². The number of ketones is 1. The number of carboxylic acids is 1. The number of thioether (sulfide) groups is 1. The average Bonchev–Trinajstić information content (AvgIpc) is 3.24. The van der Waals surface area contributed by atoms with E-state index in [1.165, 1.54) is 23.9 Å². The molecule has 34 heavy (non-hydrogen) atoms. The van der Waals surface area contributed by atoms with Crippen LogP contribution in [0.5, 0.6) is 0 Å². The molecule has 2 aliphatic rings.